The second-order valence-corrected chi connectivity index (χ2v) is 5.23. The van der Waals surface area contributed by atoms with Crippen molar-refractivity contribution < 1.29 is 0 Å². The second kappa shape index (κ2) is 4.29. The van der Waals surface area contributed by atoms with E-state index in [-0.39, 0.29) is 5.41 Å². The van der Waals surface area contributed by atoms with Gasteiger partial charge in [0.2, 0.25) is 0 Å². The zero-order chi connectivity index (χ0) is 13.5. The van der Waals surface area contributed by atoms with Gasteiger partial charge < -0.3 is 5.32 Å². The third-order valence-electron chi connectivity index (χ3n) is 3.57. The number of nitriles is 1. The van der Waals surface area contributed by atoms with Gasteiger partial charge in [0.15, 0.2) is 0 Å². The number of hydrogen-bond acceptors (Lipinski definition) is 3. The average Bonchev–Trinajstić information content (AvgIpc) is 3.11. The molecule has 5 heteroatoms. The molecule has 3 rings (SSSR count). The molecule has 1 saturated carbocycles. The molecule has 96 valence electrons. The molecule has 1 aliphatic rings. The highest BCUT2D eigenvalue weighted by Crippen LogP contribution is 2.51. The van der Waals surface area contributed by atoms with Gasteiger partial charge in [0.25, 0.3) is 0 Å². The monoisotopic (exact) mass is 272 g/mol. The molecular formula is C14H13ClN4. The van der Waals surface area contributed by atoms with Crippen LogP contribution in [0.25, 0.3) is 0 Å². The zero-order valence-corrected chi connectivity index (χ0v) is 11.3. The van der Waals surface area contributed by atoms with Crippen LogP contribution in [0.1, 0.15) is 18.4 Å². The summed E-state index contributed by atoms with van der Waals surface area (Å²) in [6.45, 7) is 0. The summed E-state index contributed by atoms with van der Waals surface area (Å²) in [5, 5.41) is 17.4. The van der Waals surface area contributed by atoms with E-state index in [0.717, 1.165) is 29.9 Å². The summed E-state index contributed by atoms with van der Waals surface area (Å²) in [5.41, 5.74) is 1.42. The summed E-state index contributed by atoms with van der Waals surface area (Å²) < 4.78 is 1.74. The molecule has 0 amide bonds. The highest BCUT2D eigenvalue weighted by Gasteiger charge is 2.46. The van der Waals surface area contributed by atoms with Gasteiger partial charge in [0.05, 0.1) is 28.4 Å². The van der Waals surface area contributed by atoms with Crippen LogP contribution in [0.3, 0.4) is 0 Å². The molecule has 0 unspecified atom stereocenters. The van der Waals surface area contributed by atoms with Gasteiger partial charge in [-0.2, -0.15) is 10.4 Å². The Morgan fingerprint density at radius 3 is 2.79 bits per heavy atom. The van der Waals surface area contributed by atoms with E-state index in [1.807, 2.05) is 31.3 Å². The molecule has 0 bridgehead atoms. The molecule has 1 N–H and O–H groups in total. The van der Waals surface area contributed by atoms with E-state index in [4.69, 9.17) is 11.6 Å². The number of nitrogens with one attached hydrogen (secondary N) is 1. The number of rotatable bonds is 3. The number of hydrogen-bond donors (Lipinski definition) is 1. The second-order valence-electron chi connectivity index (χ2n) is 4.82. The summed E-state index contributed by atoms with van der Waals surface area (Å²) in [4.78, 5) is 0. The minimum Gasteiger partial charge on any atom is -0.339 e. The molecule has 4 nitrogen and oxygen atoms in total. The first kappa shape index (κ1) is 12.1. The van der Waals surface area contributed by atoms with E-state index >= 15 is 0 Å². The van der Waals surface area contributed by atoms with Crippen molar-refractivity contribution in [2.45, 2.75) is 18.3 Å². The third-order valence-corrected chi connectivity index (χ3v) is 3.88. The van der Waals surface area contributed by atoms with Crippen LogP contribution >= 0.6 is 11.6 Å². The lowest BCUT2D eigenvalue weighted by Gasteiger charge is -2.16. The van der Waals surface area contributed by atoms with Gasteiger partial charge in [0.1, 0.15) is 5.82 Å². The summed E-state index contributed by atoms with van der Waals surface area (Å²) in [6.07, 6.45) is 3.50. The summed E-state index contributed by atoms with van der Waals surface area (Å²) in [6, 6.07) is 9.98. The van der Waals surface area contributed by atoms with Crippen LogP contribution in [-0.2, 0) is 12.5 Å². The number of anilines is 2. The first-order chi connectivity index (χ1) is 9.16. The summed E-state index contributed by atoms with van der Waals surface area (Å²) >= 11 is 6.29. The van der Waals surface area contributed by atoms with Crippen molar-refractivity contribution in [2.24, 2.45) is 7.05 Å². The Balaban J connectivity index is 2.06. The van der Waals surface area contributed by atoms with Crippen molar-refractivity contribution in [1.82, 2.24) is 9.78 Å². The standard InChI is InChI=1S/C14H13ClN4/c1-19-12(5-8-17-19)18-13-10(3-2-4-11(13)15)14(9-16)6-7-14/h2-5,8,18H,6-7H2,1H3. The molecule has 1 aromatic carbocycles. The summed E-state index contributed by atoms with van der Waals surface area (Å²) in [7, 11) is 1.86. The molecule has 0 saturated heterocycles. The molecule has 0 aliphatic heterocycles. The number of benzene rings is 1. The fourth-order valence-corrected chi connectivity index (χ4v) is 2.46. The van der Waals surface area contributed by atoms with Crippen LogP contribution in [0, 0.1) is 11.3 Å². The molecule has 1 heterocycles. The minimum absolute atomic E-state index is 0.369. The Morgan fingerprint density at radius 1 is 1.42 bits per heavy atom. The summed E-state index contributed by atoms with van der Waals surface area (Å²) in [5.74, 6) is 0.850. The van der Waals surface area contributed by atoms with Crippen molar-refractivity contribution in [3.63, 3.8) is 0 Å². The van der Waals surface area contributed by atoms with Crippen LogP contribution < -0.4 is 5.32 Å². The largest absolute Gasteiger partial charge is 0.339 e. The number of para-hydroxylation sites is 1. The minimum atomic E-state index is -0.369. The van der Waals surface area contributed by atoms with E-state index in [2.05, 4.69) is 16.5 Å². The molecular weight excluding hydrogens is 260 g/mol. The van der Waals surface area contributed by atoms with Gasteiger partial charge in [-0.25, -0.2) is 0 Å². The van der Waals surface area contributed by atoms with Crippen molar-refractivity contribution in [3.05, 3.63) is 41.0 Å². The maximum atomic E-state index is 9.37. The van der Waals surface area contributed by atoms with Gasteiger partial charge in [-0.3, -0.25) is 4.68 Å². The van der Waals surface area contributed by atoms with E-state index < -0.39 is 0 Å². The van der Waals surface area contributed by atoms with Crippen molar-refractivity contribution in [2.75, 3.05) is 5.32 Å². The third kappa shape index (κ3) is 1.96. The van der Waals surface area contributed by atoms with Gasteiger partial charge in [-0.15, -0.1) is 0 Å². The molecule has 1 fully saturated rings. The van der Waals surface area contributed by atoms with E-state index in [0.29, 0.717) is 5.02 Å². The first-order valence-corrected chi connectivity index (χ1v) is 6.49. The number of aryl methyl sites for hydroxylation is 1. The number of aromatic nitrogens is 2. The predicted octanol–water partition coefficient (Wildman–Crippen LogP) is 3.37. The lowest BCUT2D eigenvalue weighted by Crippen LogP contribution is -2.09. The lowest BCUT2D eigenvalue weighted by molar-refractivity contribution is 0.776. The Bertz CT molecular complexity index is 664. The fourth-order valence-electron chi connectivity index (χ4n) is 2.24. The van der Waals surface area contributed by atoms with Gasteiger partial charge >= 0.3 is 0 Å². The molecule has 19 heavy (non-hydrogen) atoms. The molecule has 2 aromatic rings. The maximum Gasteiger partial charge on any atom is 0.128 e. The molecule has 0 radical (unpaired) electrons. The van der Waals surface area contributed by atoms with Crippen molar-refractivity contribution in [1.29, 1.82) is 5.26 Å². The highest BCUT2D eigenvalue weighted by atomic mass is 35.5. The van der Waals surface area contributed by atoms with E-state index in [9.17, 15) is 5.26 Å². The Morgan fingerprint density at radius 2 is 2.21 bits per heavy atom. The quantitative estimate of drug-likeness (QED) is 0.932. The molecule has 0 spiro atoms. The van der Waals surface area contributed by atoms with Crippen LogP contribution in [0.2, 0.25) is 5.02 Å². The Labute approximate surface area is 116 Å². The van der Waals surface area contributed by atoms with Crippen molar-refractivity contribution >= 4 is 23.1 Å². The van der Waals surface area contributed by atoms with Crippen molar-refractivity contribution in [3.8, 4) is 6.07 Å². The first-order valence-electron chi connectivity index (χ1n) is 6.11. The SMILES string of the molecule is Cn1nccc1Nc1c(Cl)cccc1C1(C#N)CC1. The Kier molecular flexibility index (Phi) is 2.72. The van der Waals surface area contributed by atoms with Gasteiger partial charge in [-0.05, 0) is 24.5 Å². The highest BCUT2D eigenvalue weighted by molar-refractivity contribution is 6.33. The molecule has 1 aromatic heterocycles. The van der Waals surface area contributed by atoms with Gasteiger partial charge in [-0.1, -0.05) is 23.7 Å². The van der Waals surface area contributed by atoms with Crippen LogP contribution in [0.5, 0.6) is 0 Å². The molecule has 1 aliphatic carbocycles. The predicted molar refractivity (Wildman–Crippen MR) is 74.5 cm³/mol. The maximum absolute atomic E-state index is 9.37. The average molecular weight is 273 g/mol. The number of halogens is 1. The van der Waals surface area contributed by atoms with Crippen LogP contribution in [0.15, 0.2) is 30.5 Å². The van der Waals surface area contributed by atoms with Gasteiger partial charge in [0, 0.05) is 13.1 Å². The Hall–Kier alpha value is -1.99. The smallest absolute Gasteiger partial charge is 0.128 e. The van der Waals surface area contributed by atoms with Crippen LogP contribution in [0.4, 0.5) is 11.5 Å². The normalized spacial score (nSPS) is 15.8. The zero-order valence-electron chi connectivity index (χ0n) is 10.5. The fraction of sp³-hybridized carbons (Fsp3) is 0.286. The van der Waals surface area contributed by atoms with E-state index in [1.54, 1.807) is 10.9 Å². The lowest BCUT2D eigenvalue weighted by atomic mass is 9.95. The topological polar surface area (TPSA) is 53.6 Å². The molecule has 0 atom stereocenters. The van der Waals surface area contributed by atoms with Crippen LogP contribution in [-0.4, -0.2) is 9.78 Å². The van der Waals surface area contributed by atoms with E-state index in [1.165, 1.54) is 0 Å². The number of nitrogens with zero attached hydrogens (tertiary/aromatic N) is 3.